The molecule has 0 spiro atoms. The Kier molecular flexibility index (Phi) is 5.12. The lowest BCUT2D eigenvalue weighted by Crippen LogP contribution is -2.30. The van der Waals surface area contributed by atoms with Crippen molar-refractivity contribution in [2.75, 3.05) is 6.54 Å². The van der Waals surface area contributed by atoms with Crippen molar-refractivity contribution in [2.45, 2.75) is 25.3 Å². The number of benzene rings is 2. The van der Waals surface area contributed by atoms with E-state index in [1.54, 1.807) is 13.8 Å². The zero-order valence-corrected chi connectivity index (χ0v) is 13.8. The van der Waals surface area contributed by atoms with E-state index in [1.807, 2.05) is 30.3 Å². The molecule has 0 aliphatic carbocycles. The minimum atomic E-state index is -3.79. The Balaban J connectivity index is 2.39. The van der Waals surface area contributed by atoms with Gasteiger partial charge >= 0.3 is 0 Å². The topological polar surface area (TPSA) is 80.5 Å². The summed E-state index contributed by atoms with van der Waals surface area (Å²) in [5, 5.41) is 11.0. The standard InChI is InChI=1S/C16H18N2O4S/c1-3-17(12-14-7-5-4-6-8-14)23(21,22)15-10-9-13(2)16(11-15)18(19)20/h4-11H,3,12H2,1-2H3. The van der Waals surface area contributed by atoms with Crippen molar-refractivity contribution >= 4 is 15.7 Å². The third-order valence-corrected chi connectivity index (χ3v) is 5.49. The highest BCUT2D eigenvalue weighted by Gasteiger charge is 2.25. The number of nitro groups is 1. The van der Waals surface area contributed by atoms with Gasteiger partial charge in [-0.3, -0.25) is 10.1 Å². The quantitative estimate of drug-likeness (QED) is 0.600. The molecular formula is C16H18N2O4S. The van der Waals surface area contributed by atoms with Crippen molar-refractivity contribution in [1.82, 2.24) is 4.31 Å². The van der Waals surface area contributed by atoms with Gasteiger partial charge in [0.1, 0.15) is 0 Å². The Bertz CT molecular complexity index is 804. The molecular weight excluding hydrogens is 316 g/mol. The van der Waals surface area contributed by atoms with Gasteiger partial charge in [0.15, 0.2) is 0 Å². The number of nitro benzene ring substituents is 1. The van der Waals surface area contributed by atoms with Crippen LogP contribution in [-0.2, 0) is 16.6 Å². The highest BCUT2D eigenvalue weighted by molar-refractivity contribution is 7.89. The second-order valence-corrected chi connectivity index (χ2v) is 7.06. The van der Waals surface area contributed by atoms with Gasteiger partial charge in [0.2, 0.25) is 10.0 Å². The number of hydrogen-bond donors (Lipinski definition) is 0. The van der Waals surface area contributed by atoms with Crippen LogP contribution in [0.15, 0.2) is 53.4 Å². The molecule has 6 nitrogen and oxygen atoms in total. The van der Waals surface area contributed by atoms with Gasteiger partial charge in [-0.05, 0) is 18.6 Å². The van der Waals surface area contributed by atoms with Crippen LogP contribution < -0.4 is 0 Å². The SMILES string of the molecule is CCN(Cc1ccccc1)S(=O)(=O)c1ccc(C)c([N+](=O)[O-])c1. The van der Waals surface area contributed by atoms with Crippen LogP contribution in [-0.4, -0.2) is 24.2 Å². The van der Waals surface area contributed by atoms with E-state index >= 15 is 0 Å². The number of nitrogens with zero attached hydrogens (tertiary/aromatic N) is 2. The van der Waals surface area contributed by atoms with Crippen molar-refractivity contribution in [3.05, 3.63) is 69.8 Å². The van der Waals surface area contributed by atoms with E-state index in [0.717, 1.165) is 11.6 Å². The van der Waals surface area contributed by atoms with Crippen LogP contribution in [0.2, 0.25) is 0 Å². The molecule has 0 bridgehead atoms. The van der Waals surface area contributed by atoms with Crippen molar-refractivity contribution in [1.29, 1.82) is 0 Å². The van der Waals surface area contributed by atoms with Gasteiger partial charge < -0.3 is 0 Å². The number of hydrogen-bond acceptors (Lipinski definition) is 4. The van der Waals surface area contributed by atoms with Crippen LogP contribution in [0, 0.1) is 17.0 Å². The third kappa shape index (κ3) is 3.75. The maximum atomic E-state index is 12.8. The summed E-state index contributed by atoms with van der Waals surface area (Å²) < 4.78 is 26.8. The van der Waals surface area contributed by atoms with Crippen LogP contribution in [0.5, 0.6) is 0 Å². The maximum absolute atomic E-state index is 12.8. The van der Waals surface area contributed by atoms with Crippen LogP contribution in [0.25, 0.3) is 0 Å². The van der Waals surface area contributed by atoms with Gasteiger partial charge in [0.25, 0.3) is 5.69 Å². The molecule has 0 fully saturated rings. The van der Waals surface area contributed by atoms with Crippen molar-refractivity contribution in [3.63, 3.8) is 0 Å². The predicted octanol–water partition coefficient (Wildman–Crippen LogP) is 3.11. The summed E-state index contributed by atoms with van der Waals surface area (Å²) in [6.45, 7) is 3.82. The van der Waals surface area contributed by atoms with E-state index in [1.165, 1.54) is 16.4 Å². The molecule has 23 heavy (non-hydrogen) atoms. The fourth-order valence-electron chi connectivity index (χ4n) is 2.25. The number of sulfonamides is 1. The molecule has 0 radical (unpaired) electrons. The summed E-state index contributed by atoms with van der Waals surface area (Å²) >= 11 is 0. The molecule has 0 saturated carbocycles. The van der Waals surface area contributed by atoms with Gasteiger partial charge in [-0.2, -0.15) is 4.31 Å². The summed E-state index contributed by atoms with van der Waals surface area (Å²) in [7, 11) is -3.79. The summed E-state index contributed by atoms with van der Waals surface area (Å²) in [5.74, 6) is 0. The third-order valence-electron chi connectivity index (χ3n) is 3.57. The van der Waals surface area contributed by atoms with E-state index in [4.69, 9.17) is 0 Å². The lowest BCUT2D eigenvalue weighted by atomic mass is 10.2. The Labute approximate surface area is 135 Å². The van der Waals surface area contributed by atoms with Crippen molar-refractivity contribution in [3.8, 4) is 0 Å². The van der Waals surface area contributed by atoms with Crippen molar-refractivity contribution in [2.24, 2.45) is 0 Å². The number of aryl methyl sites for hydroxylation is 1. The Morgan fingerprint density at radius 1 is 1.13 bits per heavy atom. The summed E-state index contributed by atoms with van der Waals surface area (Å²) in [5.41, 5.74) is 1.10. The first-order chi connectivity index (χ1) is 10.9. The van der Waals surface area contributed by atoms with E-state index in [2.05, 4.69) is 0 Å². The average Bonchev–Trinajstić information content (AvgIpc) is 2.53. The van der Waals surface area contributed by atoms with Gasteiger partial charge in [-0.15, -0.1) is 0 Å². The van der Waals surface area contributed by atoms with E-state index in [-0.39, 0.29) is 23.7 Å². The molecule has 7 heteroatoms. The first kappa shape index (κ1) is 17.1. The zero-order chi connectivity index (χ0) is 17.0. The molecule has 0 heterocycles. The first-order valence-electron chi connectivity index (χ1n) is 7.15. The highest BCUT2D eigenvalue weighted by atomic mass is 32.2. The zero-order valence-electron chi connectivity index (χ0n) is 13.0. The molecule has 2 aromatic carbocycles. The largest absolute Gasteiger partial charge is 0.273 e. The Morgan fingerprint density at radius 3 is 2.35 bits per heavy atom. The second kappa shape index (κ2) is 6.89. The molecule has 0 amide bonds. The fourth-order valence-corrected chi connectivity index (χ4v) is 3.71. The van der Waals surface area contributed by atoms with Gasteiger partial charge in [-0.25, -0.2) is 8.42 Å². The highest BCUT2D eigenvalue weighted by Crippen LogP contribution is 2.25. The predicted molar refractivity (Wildman–Crippen MR) is 87.5 cm³/mol. The maximum Gasteiger partial charge on any atom is 0.273 e. The normalized spacial score (nSPS) is 11.6. The monoisotopic (exact) mass is 334 g/mol. The molecule has 0 saturated heterocycles. The molecule has 2 aromatic rings. The lowest BCUT2D eigenvalue weighted by Gasteiger charge is -2.20. The van der Waals surface area contributed by atoms with Gasteiger partial charge in [0.05, 0.1) is 9.82 Å². The lowest BCUT2D eigenvalue weighted by molar-refractivity contribution is -0.385. The van der Waals surface area contributed by atoms with Crippen LogP contribution in [0.1, 0.15) is 18.1 Å². The Morgan fingerprint density at radius 2 is 1.78 bits per heavy atom. The summed E-state index contributed by atoms with van der Waals surface area (Å²) in [4.78, 5) is 10.4. The smallest absolute Gasteiger partial charge is 0.258 e. The minimum Gasteiger partial charge on any atom is -0.258 e. The minimum absolute atomic E-state index is 0.0624. The average molecular weight is 334 g/mol. The molecule has 0 atom stereocenters. The Hall–Kier alpha value is -2.25. The van der Waals surface area contributed by atoms with Crippen LogP contribution in [0.3, 0.4) is 0 Å². The van der Waals surface area contributed by atoms with Gasteiger partial charge in [-0.1, -0.05) is 43.3 Å². The van der Waals surface area contributed by atoms with Crippen LogP contribution in [0.4, 0.5) is 5.69 Å². The van der Waals surface area contributed by atoms with Gasteiger partial charge in [0, 0.05) is 24.7 Å². The molecule has 2 rings (SSSR count). The second-order valence-electron chi connectivity index (χ2n) is 5.12. The molecule has 0 aliphatic rings. The summed E-state index contributed by atoms with van der Waals surface area (Å²) in [6.07, 6.45) is 0. The first-order valence-corrected chi connectivity index (χ1v) is 8.59. The van der Waals surface area contributed by atoms with Crippen LogP contribution >= 0.6 is 0 Å². The molecule has 122 valence electrons. The van der Waals surface area contributed by atoms with E-state index in [0.29, 0.717) is 5.56 Å². The molecule has 0 unspecified atom stereocenters. The fraction of sp³-hybridized carbons (Fsp3) is 0.250. The molecule has 0 aliphatic heterocycles. The molecule has 0 aromatic heterocycles. The van der Waals surface area contributed by atoms with Crippen molar-refractivity contribution < 1.29 is 13.3 Å². The molecule has 0 N–H and O–H groups in total. The number of rotatable bonds is 6. The van der Waals surface area contributed by atoms with E-state index in [9.17, 15) is 18.5 Å². The van der Waals surface area contributed by atoms with E-state index < -0.39 is 14.9 Å². The summed E-state index contributed by atoms with van der Waals surface area (Å²) in [6, 6.07) is 13.2.